The third kappa shape index (κ3) is 5.64. The zero-order chi connectivity index (χ0) is 27.2. The minimum absolute atomic E-state index is 0.00337. The number of carbonyl (C=O) groups excluding carboxylic acids is 3. The van der Waals surface area contributed by atoms with E-state index in [2.05, 4.69) is 23.5 Å². The van der Waals surface area contributed by atoms with Crippen LogP contribution in [-0.2, 0) is 11.2 Å². The molecule has 0 bridgehead atoms. The molecule has 0 saturated carbocycles. The predicted octanol–water partition coefficient (Wildman–Crippen LogP) is 4.34. The average Bonchev–Trinajstić information content (AvgIpc) is 2.95. The smallest absolute Gasteiger partial charge is 0.342 e. The standard InChI is InChI=1S/C30H32N4O4/c1-5-18-38-30(37)25-21(4)31-27(23-10-8-7-9-11-23)32-26(25)29(36)33-16-17-34(20(3)19-33)28(35)24-14-12-22(6-2)13-15-24/h5,7-15,20H,1,6,16-19H2,2-4H3. The van der Waals surface area contributed by atoms with Crippen molar-refractivity contribution in [2.45, 2.75) is 33.2 Å². The molecular weight excluding hydrogens is 480 g/mol. The molecule has 4 rings (SSSR count). The van der Waals surface area contributed by atoms with Crippen LogP contribution in [0.3, 0.4) is 0 Å². The molecule has 0 radical (unpaired) electrons. The Hall–Kier alpha value is -4.33. The molecular formula is C30H32N4O4. The summed E-state index contributed by atoms with van der Waals surface area (Å²) in [6, 6.07) is 16.7. The first-order valence-electron chi connectivity index (χ1n) is 12.7. The van der Waals surface area contributed by atoms with Gasteiger partial charge in [-0.3, -0.25) is 9.59 Å². The maximum absolute atomic E-state index is 13.8. The van der Waals surface area contributed by atoms with E-state index in [1.54, 1.807) is 16.7 Å². The number of piperazine rings is 1. The Morgan fingerprint density at radius 1 is 1.03 bits per heavy atom. The average molecular weight is 513 g/mol. The summed E-state index contributed by atoms with van der Waals surface area (Å²) in [6.45, 7) is 10.2. The first-order valence-corrected chi connectivity index (χ1v) is 12.7. The minimum atomic E-state index is -0.678. The summed E-state index contributed by atoms with van der Waals surface area (Å²) in [7, 11) is 0. The zero-order valence-electron chi connectivity index (χ0n) is 22.0. The van der Waals surface area contributed by atoms with E-state index in [1.165, 1.54) is 11.6 Å². The summed E-state index contributed by atoms with van der Waals surface area (Å²) >= 11 is 0. The van der Waals surface area contributed by atoms with Crippen molar-refractivity contribution in [2.24, 2.45) is 0 Å². The molecule has 196 valence electrons. The van der Waals surface area contributed by atoms with Crippen LogP contribution in [0.25, 0.3) is 11.4 Å². The molecule has 1 aliphatic rings. The number of nitrogens with zero attached hydrogens (tertiary/aromatic N) is 4. The highest BCUT2D eigenvalue weighted by Gasteiger charge is 2.34. The van der Waals surface area contributed by atoms with Gasteiger partial charge in [0.15, 0.2) is 5.82 Å². The second-order valence-electron chi connectivity index (χ2n) is 9.26. The van der Waals surface area contributed by atoms with Gasteiger partial charge >= 0.3 is 5.97 Å². The van der Waals surface area contributed by atoms with Gasteiger partial charge in [0.25, 0.3) is 11.8 Å². The van der Waals surface area contributed by atoms with Crippen LogP contribution in [-0.4, -0.2) is 69.8 Å². The van der Waals surface area contributed by atoms with E-state index >= 15 is 0 Å². The second kappa shape index (κ2) is 11.8. The molecule has 1 fully saturated rings. The monoisotopic (exact) mass is 512 g/mol. The van der Waals surface area contributed by atoms with Crippen LogP contribution >= 0.6 is 0 Å². The van der Waals surface area contributed by atoms with Crippen LogP contribution in [0.2, 0.25) is 0 Å². The highest BCUT2D eigenvalue weighted by molar-refractivity contribution is 6.05. The van der Waals surface area contributed by atoms with Crippen LogP contribution < -0.4 is 0 Å². The van der Waals surface area contributed by atoms with E-state index in [1.807, 2.05) is 61.5 Å². The Balaban J connectivity index is 1.60. The van der Waals surface area contributed by atoms with Crippen LogP contribution in [0.5, 0.6) is 0 Å². The van der Waals surface area contributed by atoms with Crippen molar-refractivity contribution in [2.75, 3.05) is 26.2 Å². The number of ether oxygens (including phenoxy) is 1. The van der Waals surface area contributed by atoms with Crippen molar-refractivity contribution in [1.82, 2.24) is 19.8 Å². The van der Waals surface area contributed by atoms with Crippen LogP contribution in [0.1, 0.15) is 56.3 Å². The number of aromatic nitrogens is 2. The summed E-state index contributed by atoms with van der Waals surface area (Å²) in [6.07, 6.45) is 2.37. The first-order chi connectivity index (χ1) is 18.3. The van der Waals surface area contributed by atoms with Crippen molar-refractivity contribution in [3.8, 4) is 11.4 Å². The first kappa shape index (κ1) is 26.7. The number of benzene rings is 2. The van der Waals surface area contributed by atoms with Gasteiger partial charge in [0, 0.05) is 36.8 Å². The molecule has 3 aromatic rings. The van der Waals surface area contributed by atoms with E-state index < -0.39 is 11.9 Å². The van der Waals surface area contributed by atoms with Crippen molar-refractivity contribution in [3.63, 3.8) is 0 Å². The lowest BCUT2D eigenvalue weighted by Gasteiger charge is -2.40. The summed E-state index contributed by atoms with van der Waals surface area (Å²) < 4.78 is 5.26. The van der Waals surface area contributed by atoms with Gasteiger partial charge in [-0.15, -0.1) is 0 Å². The van der Waals surface area contributed by atoms with Gasteiger partial charge in [0.2, 0.25) is 0 Å². The Morgan fingerprint density at radius 2 is 1.74 bits per heavy atom. The largest absolute Gasteiger partial charge is 0.458 e. The Bertz CT molecular complexity index is 1340. The van der Waals surface area contributed by atoms with Crippen LogP contribution in [0.4, 0.5) is 0 Å². The number of aryl methyl sites for hydroxylation is 2. The highest BCUT2D eigenvalue weighted by Crippen LogP contribution is 2.23. The molecule has 2 amide bonds. The van der Waals surface area contributed by atoms with E-state index in [9.17, 15) is 14.4 Å². The van der Waals surface area contributed by atoms with Gasteiger partial charge in [-0.25, -0.2) is 14.8 Å². The maximum Gasteiger partial charge on any atom is 0.342 e. The second-order valence-corrected chi connectivity index (χ2v) is 9.26. The van der Waals surface area contributed by atoms with E-state index in [0.717, 1.165) is 12.0 Å². The number of amides is 2. The summed E-state index contributed by atoms with van der Waals surface area (Å²) in [4.78, 5) is 52.3. The zero-order valence-corrected chi connectivity index (χ0v) is 22.0. The molecule has 2 aromatic carbocycles. The molecule has 0 aliphatic carbocycles. The molecule has 8 nitrogen and oxygen atoms in total. The number of hydrogen-bond donors (Lipinski definition) is 0. The van der Waals surface area contributed by atoms with Gasteiger partial charge in [-0.1, -0.05) is 62.0 Å². The van der Waals surface area contributed by atoms with Crippen LogP contribution in [0, 0.1) is 6.92 Å². The predicted molar refractivity (Wildman–Crippen MR) is 145 cm³/mol. The van der Waals surface area contributed by atoms with Crippen LogP contribution in [0.15, 0.2) is 67.3 Å². The number of esters is 1. The third-order valence-corrected chi connectivity index (χ3v) is 6.65. The SMILES string of the molecule is C=CCOC(=O)c1c(C)nc(-c2ccccc2)nc1C(=O)N1CCN(C(=O)c2ccc(CC)cc2)C(C)C1. The van der Waals surface area contributed by atoms with E-state index in [-0.39, 0.29) is 29.8 Å². The molecule has 1 aliphatic heterocycles. The van der Waals surface area contributed by atoms with Gasteiger partial charge in [0.05, 0.1) is 5.69 Å². The van der Waals surface area contributed by atoms with Gasteiger partial charge in [-0.05, 0) is 38.0 Å². The summed E-state index contributed by atoms with van der Waals surface area (Å²) in [5.41, 5.74) is 2.91. The minimum Gasteiger partial charge on any atom is -0.458 e. The molecule has 1 unspecified atom stereocenters. The van der Waals surface area contributed by atoms with Crippen molar-refractivity contribution in [3.05, 3.63) is 95.3 Å². The van der Waals surface area contributed by atoms with Gasteiger partial charge in [-0.2, -0.15) is 0 Å². The van der Waals surface area contributed by atoms with E-state index in [4.69, 9.17) is 4.74 Å². The van der Waals surface area contributed by atoms with Gasteiger partial charge in [0.1, 0.15) is 17.9 Å². The summed E-state index contributed by atoms with van der Waals surface area (Å²) in [5, 5.41) is 0. The molecule has 1 atom stereocenters. The molecule has 0 N–H and O–H groups in total. The number of rotatable bonds is 7. The Morgan fingerprint density at radius 3 is 2.37 bits per heavy atom. The lowest BCUT2D eigenvalue weighted by atomic mass is 10.1. The number of carbonyl (C=O) groups is 3. The fraction of sp³-hybridized carbons (Fsp3) is 0.300. The third-order valence-electron chi connectivity index (χ3n) is 6.65. The fourth-order valence-corrected chi connectivity index (χ4v) is 4.54. The Kier molecular flexibility index (Phi) is 8.31. The molecule has 38 heavy (non-hydrogen) atoms. The molecule has 2 heterocycles. The quantitative estimate of drug-likeness (QED) is 0.345. The van der Waals surface area contributed by atoms with Gasteiger partial charge < -0.3 is 14.5 Å². The van der Waals surface area contributed by atoms with E-state index in [0.29, 0.717) is 36.7 Å². The topological polar surface area (TPSA) is 92.7 Å². The molecule has 8 heteroatoms. The summed E-state index contributed by atoms with van der Waals surface area (Å²) in [5.74, 6) is -0.790. The Labute approximate surface area is 223 Å². The maximum atomic E-state index is 13.8. The highest BCUT2D eigenvalue weighted by atomic mass is 16.5. The fourth-order valence-electron chi connectivity index (χ4n) is 4.54. The molecule has 1 saturated heterocycles. The van der Waals surface area contributed by atoms with Crippen molar-refractivity contribution in [1.29, 1.82) is 0 Å². The lowest BCUT2D eigenvalue weighted by molar-refractivity contribution is 0.0407. The molecule has 1 aromatic heterocycles. The van der Waals surface area contributed by atoms with Crippen molar-refractivity contribution >= 4 is 17.8 Å². The lowest BCUT2D eigenvalue weighted by Crippen LogP contribution is -2.55. The molecule has 0 spiro atoms. The van der Waals surface area contributed by atoms with Crippen molar-refractivity contribution < 1.29 is 19.1 Å². The number of hydrogen-bond acceptors (Lipinski definition) is 6. The normalized spacial score (nSPS) is 15.2.